The maximum absolute atomic E-state index is 13.6. The van der Waals surface area contributed by atoms with E-state index in [-0.39, 0.29) is 36.0 Å². The van der Waals surface area contributed by atoms with Crippen LogP contribution in [0.15, 0.2) is 78.9 Å². The van der Waals surface area contributed by atoms with E-state index in [0.717, 1.165) is 16.7 Å². The van der Waals surface area contributed by atoms with E-state index in [2.05, 4.69) is 0 Å². The third-order valence-corrected chi connectivity index (χ3v) is 6.37. The maximum Gasteiger partial charge on any atom is 0.234 e. The van der Waals surface area contributed by atoms with Gasteiger partial charge in [-0.1, -0.05) is 78.9 Å². The second kappa shape index (κ2) is 7.06. The van der Waals surface area contributed by atoms with Gasteiger partial charge in [0.15, 0.2) is 5.78 Å². The zero-order chi connectivity index (χ0) is 20.8. The van der Waals surface area contributed by atoms with E-state index in [1.165, 1.54) is 4.90 Å². The molecule has 1 fully saturated rings. The molecule has 2 aliphatic rings. The number of fused-ring (bicyclic) bond motifs is 2. The number of amides is 2. The first-order chi connectivity index (χ1) is 14.6. The number of benzene rings is 3. The molecule has 5 rings (SSSR count). The second-order valence-corrected chi connectivity index (χ2v) is 7.98. The minimum absolute atomic E-state index is 0.0243. The van der Waals surface area contributed by atoms with Crippen molar-refractivity contribution in [1.29, 1.82) is 0 Å². The van der Waals surface area contributed by atoms with Crippen molar-refractivity contribution in [2.24, 2.45) is 5.92 Å². The van der Waals surface area contributed by atoms with Gasteiger partial charge in [-0.2, -0.15) is 0 Å². The van der Waals surface area contributed by atoms with Crippen LogP contribution in [0, 0.1) is 5.92 Å². The second-order valence-electron chi connectivity index (χ2n) is 7.98. The van der Waals surface area contributed by atoms with Gasteiger partial charge in [0, 0.05) is 23.5 Å². The topological polar surface area (TPSA) is 54.5 Å². The summed E-state index contributed by atoms with van der Waals surface area (Å²) in [6.07, 6.45) is 0.150. The lowest BCUT2D eigenvalue weighted by Gasteiger charge is -2.31. The van der Waals surface area contributed by atoms with Crippen molar-refractivity contribution in [3.8, 4) is 0 Å². The number of likely N-dealkylation sites (tertiary alicyclic amines) is 1. The summed E-state index contributed by atoms with van der Waals surface area (Å²) in [5, 5.41) is 0. The number of carbonyl (C=O) groups excluding carboxylic acids is 3. The van der Waals surface area contributed by atoms with E-state index in [1.54, 1.807) is 0 Å². The van der Waals surface area contributed by atoms with Crippen LogP contribution in [0.2, 0.25) is 0 Å². The average molecular weight is 395 g/mol. The molecule has 0 radical (unpaired) electrons. The first-order valence-electron chi connectivity index (χ1n) is 10.2. The number of hydrogen-bond donors (Lipinski definition) is 0. The molecule has 0 bridgehead atoms. The zero-order valence-corrected chi connectivity index (χ0v) is 16.6. The van der Waals surface area contributed by atoms with Gasteiger partial charge in [0.1, 0.15) is 0 Å². The lowest BCUT2D eigenvalue weighted by atomic mass is 9.71. The van der Waals surface area contributed by atoms with Crippen LogP contribution in [0.1, 0.15) is 57.9 Å². The Kier molecular flexibility index (Phi) is 4.35. The Morgan fingerprint density at radius 1 is 0.767 bits per heavy atom. The number of hydrogen-bond acceptors (Lipinski definition) is 3. The SMILES string of the molecule is C[C@@H](c1ccccc1)N1C(=O)C[C@@H](C2c3ccccc3C(=O)c3ccccc32)C1=O. The van der Waals surface area contributed by atoms with Gasteiger partial charge >= 0.3 is 0 Å². The first-order valence-corrected chi connectivity index (χ1v) is 10.2. The highest BCUT2D eigenvalue weighted by atomic mass is 16.2. The molecule has 2 amide bonds. The smallest absolute Gasteiger partial charge is 0.234 e. The van der Waals surface area contributed by atoms with Crippen molar-refractivity contribution in [3.05, 3.63) is 107 Å². The van der Waals surface area contributed by atoms with Gasteiger partial charge in [-0.15, -0.1) is 0 Å². The number of ketones is 1. The summed E-state index contributed by atoms with van der Waals surface area (Å²) in [6, 6.07) is 24.2. The van der Waals surface area contributed by atoms with Crippen LogP contribution in [0.3, 0.4) is 0 Å². The van der Waals surface area contributed by atoms with Gasteiger partial charge in [-0.25, -0.2) is 0 Å². The van der Waals surface area contributed by atoms with E-state index in [1.807, 2.05) is 85.8 Å². The van der Waals surface area contributed by atoms with E-state index < -0.39 is 5.92 Å². The van der Waals surface area contributed by atoms with Crippen LogP contribution in [-0.4, -0.2) is 22.5 Å². The monoisotopic (exact) mass is 395 g/mol. The standard InChI is InChI=1S/C26H21NO3/c1-16(17-9-3-2-4-10-17)27-23(28)15-22(26(27)30)24-18-11-5-7-13-20(18)25(29)21-14-8-6-12-19(21)24/h2-14,16,22,24H,15H2,1H3/t16-,22-/m0/s1. The average Bonchev–Trinajstić information content (AvgIpc) is 3.08. The van der Waals surface area contributed by atoms with Gasteiger partial charge in [-0.05, 0) is 23.6 Å². The molecule has 0 spiro atoms. The molecular formula is C26H21NO3. The Balaban J connectivity index is 1.58. The molecule has 2 atom stereocenters. The predicted molar refractivity (Wildman–Crippen MR) is 113 cm³/mol. The van der Waals surface area contributed by atoms with Crippen LogP contribution in [0.4, 0.5) is 0 Å². The van der Waals surface area contributed by atoms with Gasteiger partial charge in [-0.3, -0.25) is 19.3 Å². The van der Waals surface area contributed by atoms with Crippen LogP contribution in [0.5, 0.6) is 0 Å². The van der Waals surface area contributed by atoms with E-state index in [4.69, 9.17) is 0 Å². The Morgan fingerprint density at radius 2 is 1.30 bits per heavy atom. The number of carbonyl (C=O) groups is 3. The Hall–Kier alpha value is -3.53. The summed E-state index contributed by atoms with van der Waals surface area (Å²) in [5.41, 5.74) is 3.84. The lowest BCUT2D eigenvalue weighted by Crippen LogP contribution is -2.35. The third-order valence-electron chi connectivity index (χ3n) is 6.37. The molecule has 148 valence electrons. The molecule has 0 N–H and O–H groups in total. The fraction of sp³-hybridized carbons (Fsp3) is 0.192. The van der Waals surface area contributed by atoms with Gasteiger partial charge in [0.05, 0.1) is 12.0 Å². The van der Waals surface area contributed by atoms with Crippen molar-refractivity contribution >= 4 is 17.6 Å². The van der Waals surface area contributed by atoms with Crippen LogP contribution in [0.25, 0.3) is 0 Å². The molecule has 4 nitrogen and oxygen atoms in total. The Morgan fingerprint density at radius 3 is 1.90 bits per heavy atom. The van der Waals surface area contributed by atoms with Gasteiger partial charge < -0.3 is 0 Å². The molecule has 0 unspecified atom stereocenters. The molecule has 3 aromatic carbocycles. The number of rotatable bonds is 3. The summed E-state index contributed by atoms with van der Waals surface area (Å²) in [4.78, 5) is 40.9. The summed E-state index contributed by atoms with van der Waals surface area (Å²) >= 11 is 0. The van der Waals surface area contributed by atoms with E-state index >= 15 is 0 Å². The predicted octanol–water partition coefficient (Wildman–Crippen LogP) is 4.50. The van der Waals surface area contributed by atoms with Crippen molar-refractivity contribution in [3.63, 3.8) is 0 Å². The fourth-order valence-corrected chi connectivity index (χ4v) is 4.92. The van der Waals surface area contributed by atoms with E-state index in [0.29, 0.717) is 11.1 Å². The number of nitrogens with zero attached hydrogens (tertiary/aromatic N) is 1. The molecule has 30 heavy (non-hydrogen) atoms. The lowest BCUT2D eigenvalue weighted by molar-refractivity contribution is -0.142. The quantitative estimate of drug-likeness (QED) is 0.614. The summed E-state index contributed by atoms with van der Waals surface area (Å²) in [7, 11) is 0. The minimum atomic E-state index is -0.515. The zero-order valence-electron chi connectivity index (χ0n) is 16.6. The molecule has 1 aliphatic carbocycles. The molecule has 4 heteroatoms. The van der Waals surface area contributed by atoms with Crippen molar-refractivity contribution in [1.82, 2.24) is 4.90 Å². The summed E-state index contributed by atoms with van der Waals surface area (Å²) < 4.78 is 0. The Bertz CT molecular complexity index is 1120. The highest BCUT2D eigenvalue weighted by molar-refractivity contribution is 6.13. The number of imide groups is 1. The summed E-state index contributed by atoms with van der Waals surface area (Å²) in [6.45, 7) is 1.89. The largest absolute Gasteiger partial charge is 0.289 e. The first kappa shape index (κ1) is 18.5. The Labute approximate surface area is 175 Å². The summed E-state index contributed by atoms with van der Waals surface area (Å²) in [5.74, 6) is -1.17. The molecule has 1 saturated heterocycles. The van der Waals surface area contributed by atoms with Crippen LogP contribution in [-0.2, 0) is 9.59 Å². The van der Waals surface area contributed by atoms with Crippen molar-refractivity contribution in [2.75, 3.05) is 0 Å². The molecular weight excluding hydrogens is 374 g/mol. The van der Waals surface area contributed by atoms with Crippen LogP contribution < -0.4 is 0 Å². The van der Waals surface area contributed by atoms with Gasteiger partial charge in [0.2, 0.25) is 11.8 Å². The third kappa shape index (κ3) is 2.71. The minimum Gasteiger partial charge on any atom is -0.289 e. The molecule has 3 aromatic rings. The highest BCUT2D eigenvalue weighted by Crippen LogP contribution is 2.46. The van der Waals surface area contributed by atoms with Crippen molar-refractivity contribution in [2.45, 2.75) is 25.3 Å². The fourth-order valence-electron chi connectivity index (χ4n) is 4.92. The maximum atomic E-state index is 13.6. The molecule has 0 aromatic heterocycles. The van der Waals surface area contributed by atoms with Crippen LogP contribution >= 0.6 is 0 Å². The van der Waals surface area contributed by atoms with E-state index in [9.17, 15) is 14.4 Å². The van der Waals surface area contributed by atoms with Crippen molar-refractivity contribution < 1.29 is 14.4 Å². The molecule has 1 heterocycles. The highest BCUT2D eigenvalue weighted by Gasteiger charge is 2.48. The normalized spacial score (nSPS) is 19.6. The molecule has 1 aliphatic heterocycles. The molecule has 0 saturated carbocycles. The van der Waals surface area contributed by atoms with Gasteiger partial charge in [0.25, 0.3) is 0 Å².